The van der Waals surface area contributed by atoms with Gasteiger partial charge < -0.3 is 10.4 Å². The minimum atomic E-state index is -0.417. The maximum atomic E-state index is 9.84. The van der Waals surface area contributed by atoms with Gasteiger partial charge in [-0.15, -0.1) is 0 Å². The largest absolute Gasteiger partial charge is 0.390 e. The Kier molecular flexibility index (Phi) is 8.74. The van der Waals surface area contributed by atoms with Gasteiger partial charge in [0.2, 0.25) is 0 Å². The normalized spacial score (nSPS) is 25.8. The van der Waals surface area contributed by atoms with Crippen molar-refractivity contribution in [3.8, 4) is 0 Å². The Morgan fingerprint density at radius 1 is 1.00 bits per heavy atom. The van der Waals surface area contributed by atoms with Crippen LogP contribution in [0.1, 0.15) is 52.9 Å². The molecule has 1 aromatic rings. The molecule has 0 radical (unpaired) electrons. The molecule has 2 saturated carbocycles. The predicted octanol–water partition coefficient (Wildman–Crippen LogP) is 4.50. The minimum Gasteiger partial charge on any atom is -0.390 e. The highest BCUT2D eigenvalue weighted by Gasteiger charge is 2.45. The standard InChI is InChI=1S/C10H18O.C6H6.C4H11N/c1-10(2,11)9-6-7-3-4-8(9)5-7;1-2-4-6-5-3-1;1-3-4-5-2/h7-9,11H,3-6H2,1-2H3;1-6H;5H,3-4H2,1-2H3. The van der Waals surface area contributed by atoms with Gasteiger partial charge in [0, 0.05) is 0 Å². The first kappa shape index (κ1) is 19.2. The molecule has 2 heteroatoms. The fourth-order valence-corrected chi connectivity index (χ4v) is 3.74. The van der Waals surface area contributed by atoms with E-state index in [4.69, 9.17) is 0 Å². The fourth-order valence-electron chi connectivity index (χ4n) is 3.74. The van der Waals surface area contributed by atoms with E-state index >= 15 is 0 Å². The summed E-state index contributed by atoms with van der Waals surface area (Å²) in [6, 6.07) is 12.0. The van der Waals surface area contributed by atoms with E-state index in [1.165, 1.54) is 32.1 Å². The monoisotopic (exact) mass is 305 g/mol. The van der Waals surface area contributed by atoms with Gasteiger partial charge in [-0.05, 0) is 70.9 Å². The summed E-state index contributed by atoms with van der Waals surface area (Å²) in [5, 5.41) is 12.9. The lowest BCUT2D eigenvalue weighted by molar-refractivity contribution is -0.00759. The van der Waals surface area contributed by atoms with Crippen molar-refractivity contribution in [3.63, 3.8) is 0 Å². The highest BCUT2D eigenvalue weighted by Crippen LogP contribution is 2.51. The van der Waals surface area contributed by atoms with Gasteiger partial charge in [0.05, 0.1) is 5.60 Å². The molecule has 0 saturated heterocycles. The number of hydrogen-bond acceptors (Lipinski definition) is 2. The lowest BCUT2D eigenvalue weighted by Gasteiger charge is -2.32. The van der Waals surface area contributed by atoms with E-state index in [1.54, 1.807) is 0 Å². The van der Waals surface area contributed by atoms with Crippen molar-refractivity contribution in [2.24, 2.45) is 17.8 Å². The molecule has 126 valence electrons. The summed E-state index contributed by atoms with van der Waals surface area (Å²) in [5.41, 5.74) is -0.417. The summed E-state index contributed by atoms with van der Waals surface area (Å²) < 4.78 is 0. The van der Waals surface area contributed by atoms with Crippen LogP contribution in [0.4, 0.5) is 0 Å². The van der Waals surface area contributed by atoms with Gasteiger partial charge in [-0.3, -0.25) is 0 Å². The smallest absolute Gasteiger partial charge is 0.0622 e. The Hall–Kier alpha value is -0.860. The molecule has 2 bridgehead atoms. The van der Waals surface area contributed by atoms with Crippen molar-refractivity contribution in [1.29, 1.82) is 0 Å². The van der Waals surface area contributed by atoms with Gasteiger partial charge in [0.15, 0.2) is 0 Å². The Bertz CT molecular complexity index is 342. The summed E-state index contributed by atoms with van der Waals surface area (Å²) in [6.07, 6.45) is 6.72. The summed E-state index contributed by atoms with van der Waals surface area (Å²) in [4.78, 5) is 0. The van der Waals surface area contributed by atoms with Crippen LogP contribution < -0.4 is 5.32 Å². The molecule has 3 unspecified atom stereocenters. The van der Waals surface area contributed by atoms with Crippen molar-refractivity contribution in [2.75, 3.05) is 13.6 Å². The van der Waals surface area contributed by atoms with E-state index in [0.717, 1.165) is 18.4 Å². The average molecular weight is 306 g/mol. The summed E-state index contributed by atoms with van der Waals surface area (Å²) in [5.74, 6) is 2.40. The number of rotatable bonds is 3. The molecule has 2 aliphatic carbocycles. The number of hydrogen-bond donors (Lipinski definition) is 2. The zero-order valence-electron chi connectivity index (χ0n) is 14.9. The van der Waals surface area contributed by atoms with Crippen LogP contribution >= 0.6 is 0 Å². The number of nitrogens with one attached hydrogen (secondary N) is 1. The molecule has 0 aromatic heterocycles. The molecular weight excluding hydrogens is 270 g/mol. The van der Waals surface area contributed by atoms with Gasteiger partial charge in [-0.2, -0.15) is 0 Å². The summed E-state index contributed by atoms with van der Waals surface area (Å²) in [6.45, 7) is 7.23. The summed E-state index contributed by atoms with van der Waals surface area (Å²) >= 11 is 0. The third-order valence-corrected chi connectivity index (χ3v) is 4.81. The molecule has 2 N–H and O–H groups in total. The number of fused-ring (bicyclic) bond motifs is 2. The molecular formula is C20H35NO. The van der Waals surface area contributed by atoms with E-state index in [1.807, 2.05) is 57.3 Å². The Balaban J connectivity index is 0.000000187. The third kappa shape index (κ3) is 6.93. The molecule has 2 fully saturated rings. The number of benzene rings is 1. The van der Waals surface area contributed by atoms with Crippen LogP contribution in [0, 0.1) is 17.8 Å². The predicted molar refractivity (Wildman–Crippen MR) is 95.9 cm³/mol. The summed E-state index contributed by atoms with van der Waals surface area (Å²) in [7, 11) is 1.96. The minimum absolute atomic E-state index is 0.417. The van der Waals surface area contributed by atoms with Gasteiger partial charge in [0.1, 0.15) is 0 Å². The SMILES string of the molecule is CC(C)(O)C1CC2CCC1C2.CCCNC.c1ccccc1. The molecule has 0 heterocycles. The zero-order valence-corrected chi connectivity index (χ0v) is 14.9. The van der Waals surface area contributed by atoms with Gasteiger partial charge in [0.25, 0.3) is 0 Å². The average Bonchev–Trinajstić information content (AvgIpc) is 3.13. The maximum absolute atomic E-state index is 9.84. The van der Waals surface area contributed by atoms with E-state index in [0.29, 0.717) is 5.92 Å². The molecule has 1 aromatic carbocycles. The van der Waals surface area contributed by atoms with Crippen LogP contribution in [-0.4, -0.2) is 24.3 Å². The topological polar surface area (TPSA) is 32.3 Å². The molecule has 0 spiro atoms. The molecule has 0 amide bonds. The number of aliphatic hydroxyl groups is 1. The van der Waals surface area contributed by atoms with Gasteiger partial charge >= 0.3 is 0 Å². The maximum Gasteiger partial charge on any atom is 0.0622 e. The molecule has 3 rings (SSSR count). The molecule has 22 heavy (non-hydrogen) atoms. The first-order chi connectivity index (χ1) is 10.5. The van der Waals surface area contributed by atoms with Crippen LogP contribution in [0.3, 0.4) is 0 Å². The second kappa shape index (κ2) is 10.0. The van der Waals surface area contributed by atoms with Gasteiger partial charge in [-0.25, -0.2) is 0 Å². The first-order valence-electron chi connectivity index (χ1n) is 8.86. The quantitative estimate of drug-likeness (QED) is 0.862. The lowest BCUT2D eigenvalue weighted by Crippen LogP contribution is -2.34. The van der Waals surface area contributed by atoms with E-state index in [2.05, 4.69) is 12.2 Å². The molecule has 2 aliphatic rings. The zero-order chi connectivity index (χ0) is 16.4. The Morgan fingerprint density at radius 3 is 1.73 bits per heavy atom. The van der Waals surface area contributed by atoms with Crippen molar-refractivity contribution >= 4 is 0 Å². The van der Waals surface area contributed by atoms with Crippen molar-refractivity contribution in [3.05, 3.63) is 36.4 Å². The third-order valence-electron chi connectivity index (χ3n) is 4.81. The first-order valence-corrected chi connectivity index (χ1v) is 8.86. The lowest BCUT2D eigenvalue weighted by atomic mass is 9.78. The van der Waals surface area contributed by atoms with Crippen LogP contribution in [0.15, 0.2) is 36.4 Å². The van der Waals surface area contributed by atoms with E-state index in [9.17, 15) is 5.11 Å². The molecule has 2 nitrogen and oxygen atoms in total. The Labute approximate surface area is 137 Å². The molecule has 3 atom stereocenters. The highest BCUT2D eigenvalue weighted by atomic mass is 16.3. The second-order valence-corrected chi connectivity index (χ2v) is 7.19. The van der Waals surface area contributed by atoms with Crippen LogP contribution in [0.5, 0.6) is 0 Å². The van der Waals surface area contributed by atoms with Crippen LogP contribution in [-0.2, 0) is 0 Å². The van der Waals surface area contributed by atoms with Crippen molar-refractivity contribution in [2.45, 2.75) is 58.5 Å². The van der Waals surface area contributed by atoms with Gasteiger partial charge in [-0.1, -0.05) is 49.7 Å². The Morgan fingerprint density at radius 2 is 1.55 bits per heavy atom. The van der Waals surface area contributed by atoms with Crippen LogP contribution in [0.25, 0.3) is 0 Å². The van der Waals surface area contributed by atoms with Crippen molar-refractivity contribution < 1.29 is 5.11 Å². The van der Waals surface area contributed by atoms with Crippen molar-refractivity contribution in [1.82, 2.24) is 5.32 Å². The fraction of sp³-hybridized carbons (Fsp3) is 0.700. The van der Waals surface area contributed by atoms with Crippen LogP contribution in [0.2, 0.25) is 0 Å². The molecule has 0 aliphatic heterocycles. The van der Waals surface area contributed by atoms with E-state index < -0.39 is 5.60 Å². The second-order valence-electron chi connectivity index (χ2n) is 7.19. The highest BCUT2D eigenvalue weighted by molar-refractivity contribution is 4.99. The van der Waals surface area contributed by atoms with E-state index in [-0.39, 0.29) is 0 Å².